The van der Waals surface area contributed by atoms with E-state index in [2.05, 4.69) is 5.32 Å². The minimum absolute atomic E-state index is 0.0553. The van der Waals surface area contributed by atoms with Gasteiger partial charge in [0.15, 0.2) is 6.10 Å². The summed E-state index contributed by atoms with van der Waals surface area (Å²) in [5.74, 6) is -1.55. The maximum absolute atomic E-state index is 12.7. The first-order chi connectivity index (χ1) is 13.9. The number of hydrogen-bond donors (Lipinski definition) is 1. The summed E-state index contributed by atoms with van der Waals surface area (Å²) in [6, 6.07) is 5.89. The van der Waals surface area contributed by atoms with Crippen LogP contribution in [0, 0.1) is 0 Å². The Labute approximate surface area is 168 Å². The summed E-state index contributed by atoms with van der Waals surface area (Å²) in [7, 11) is -3.70. The maximum atomic E-state index is 12.7. The quantitative estimate of drug-likeness (QED) is 0.652. The number of esters is 1. The first-order valence-corrected chi connectivity index (χ1v) is 10.5. The van der Waals surface area contributed by atoms with Crippen molar-refractivity contribution in [1.29, 1.82) is 0 Å². The Hall–Kier alpha value is -2.63. The largest absolute Gasteiger partial charge is 0.493 e. The second-order valence-electron chi connectivity index (χ2n) is 6.28. The lowest BCUT2D eigenvalue weighted by molar-refractivity contribution is -0.153. The highest BCUT2D eigenvalue weighted by molar-refractivity contribution is 7.89. The van der Waals surface area contributed by atoms with Crippen LogP contribution in [0.25, 0.3) is 0 Å². The monoisotopic (exact) mass is 426 g/mol. The number of anilines is 1. The number of rotatable bonds is 6. The zero-order chi connectivity index (χ0) is 20.9. The molecule has 0 spiro atoms. The molecule has 0 radical (unpaired) electrons. The summed E-state index contributed by atoms with van der Waals surface area (Å²) < 4.78 is 47.1. The van der Waals surface area contributed by atoms with Crippen LogP contribution in [0.5, 0.6) is 0 Å². The summed E-state index contributed by atoms with van der Waals surface area (Å²) in [4.78, 5) is 24.3. The molecule has 1 N–H and O–H groups in total. The van der Waals surface area contributed by atoms with Gasteiger partial charge in [-0.15, -0.1) is 0 Å². The van der Waals surface area contributed by atoms with E-state index in [1.165, 1.54) is 29.4 Å². The lowest BCUT2D eigenvalue weighted by Gasteiger charge is -2.26. The molecule has 29 heavy (non-hydrogen) atoms. The van der Waals surface area contributed by atoms with Gasteiger partial charge in [-0.25, -0.2) is 13.2 Å². The van der Waals surface area contributed by atoms with Gasteiger partial charge in [0.1, 0.15) is 19.5 Å². The van der Waals surface area contributed by atoms with Gasteiger partial charge in [-0.3, -0.25) is 4.79 Å². The van der Waals surface area contributed by atoms with E-state index in [0.29, 0.717) is 19.8 Å². The van der Waals surface area contributed by atoms with E-state index >= 15 is 0 Å². The number of morpholine rings is 1. The third-order valence-electron chi connectivity index (χ3n) is 4.21. The van der Waals surface area contributed by atoms with Gasteiger partial charge >= 0.3 is 5.97 Å². The van der Waals surface area contributed by atoms with E-state index in [4.69, 9.17) is 18.9 Å². The molecule has 3 rings (SSSR count). The fourth-order valence-electron chi connectivity index (χ4n) is 2.66. The normalized spacial score (nSPS) is 18.6. The molecular formula is C18H22N2O8S. The molecule has 1 aromatic carbocycles. The highest BCUT2D eigenvalue weighted by atomic mass is 32.2. The second-order valence-corrected chi connectivity index (χ2v) is 8.22. The molecule has 0 bridgehead atoms. The van der Waals surface area contributed by atoms with Gasteiger partial charge in [0.25, 0.3) is 5.91 Å². The van der Waals surface area contributed by atoms with Gasteiger partial charge in [-0.05, 0) is 25.1 Å². The SMILES string of the molecule is C[C@@H](OC(=O)C1=COCCO1)C(=O)Nc1cccc(S(=O)(=O)N2CCOCC2)c1. The highest BCUT2D eigenvalue weighted by Crippen LogP contribution is 2.21. The third-order valence-corrected chi connectivity index (χ3v) is 6.11. The number of carbonyl (C=O) groups is 2. The van der Waals surface area contributed by atoms with Crippen LogP contribution in [0.2, 0.25) is 0 Å². The van der Waals surface area contributed by atoms with Gasteiger partial charge in [-0.1, -0.05) is 6.07 Å². The van der Waals surface area contributed by atoms with Crippen LogP contribution in [0.1, 0.15) is 6.92 Å². The summed E-state index contributed by atoms with van der Waals surface area (Å²) in [6.45, 7) is 3.16. The second kappa shape index (κ2) is 9.25. The number of hydrogen-bond acceptors (Lipinski definition) is 8. The van der Waals surface area contributed by atoms with Crippen molar-refractivity contribution >= 4 is 27.6 Å². The van der Waals surface area contributed by atoms with Crippen LogP contribution in [0.3, 0.4) is 0 Å². The minimum atomic E-state index is -3.70. The van der Waals surface area contributed by atoms with Crippen molar-refractivity contribution in [3.63, 3.8) is 0 Å². The van der Waals surface area contributed by atoms with Crippen molar-refractivity contribution in [3.8, 4) is 0 Å². The zero-order valence-electron chi connectivity index (χ0n) is 15.8. The number of nitrogens with zero attached hydrogens (tertiary/aromatic N) is 1. The maximum Gasteiger partial charge on any atom is 0.377 e. The molecule has 11 heteroatoms. The van der Waals surface area contributed by atoms with Crippen LogP contribution in [0.15, 0.2) is 41.2 Å². The van der Waals surface area contributed by atoms with Gasteiger partial charge in [0, 0.05) is 18.8 Å². The highest BCUT2D eigenvalue weighted by Gasteiger charge is 2.27. The molecule has 2 aliphatic heterocycles. The molecule has 0 aromatic heterocycles. The number of nitrogens with one attached hydrogen (secondary N) is 1. The molecule has 2 aliphatic rings. The number of sulfonamides is 1. The molecule has 158 valence electrons. The molecular weight excluding hydrogens is 404 g/mol. The van der Waals surface area contributed by atoms with E-state index in [-0.39, 0.29) is 36.0 Å². The van der Waals surface area contributed by atoms with Crippen LogP contribution in [-0.4, -0.2) is 70.2 Å². The van der Waals surface area contributed by atoms with Crippen molar-refractivity contribution < 1.29 is 37.0 Å². The third kappa shape index (κ3) is 5.25. The molecule has 0 unspecified atom stereocenters. The Morgan fingerprint density at radius 2 is 1.93 bits per heavy atom. The number of amides is 1. The summed E-state index contributed by atoms with van der Waals surface area (Å²) in [6.07, 6.45) is 0.00426. The molecule has 1 saturated heterocycles. The number of ether oxygens (including phenoxy) is 4. The average Bonchev–Trinajstić information content (AvgIpc) is 2.75. The lowest BCUT2D eigenvalue weighted by Crippen LogP contribution is -2.40. The number of carbonyl (C=O) groups excluding carboxylic acids is 2. The van der Waals surface area contributed by atoms with E-state index in [0.717, 1.165) is 6.26 Å². The molecule has 1 atom stereocenters. The van der Waals surface area contributed by atoms with Crippen LogP contribution in [0.4, 0.5) is 5.69 Å². The Morgan fingerprint density at radius 3 is 2.62 bits per heavy atom. The Bertz CT molecular complexity index is 893. The van der Waals surface area contributed by atoms with E-state index in [1.54, 1.807) is 6.07 Å². The fourth-order valence-corrected chi connectivity index (χ4v) is 4.12. The van der Waals surface area contributed by atoms with Crippen molar-refractivity contribution in [2.75, 3.05) is 44.8 Å². The number of benzene rings is 1. The molecule has 1 fully saturated rings. The van der Waals surface area contributed by atoms with E-state index < -0.39 is 28.0 Å². The first-order valence-electron chi connectivity index (χ1n) is 9.02. The topological polar surface area (TPSA) is 120 Å². The van der Waals surface area contributed by atoms with Gasteiger partial charge < -0.3 is 24.3 Å². The summed E-state index contributed by atoms with van der Waals surface area (Å²) in [5, 5.41) is 2.55. The van der Waals surface area contributed by atoms with Crippen LogP contribution in [-0.2, 0) is 38.6 Å². The molecule has 0 aliphatic carbocycles. The lowest BCUT2D eigenvalue weighted by atomic mass is 10.3. The Kier molecular flexibility index (Phi) is 6.72. The average molecular weight is 426 g/mol. The van der Waals surface area contributed by atoms with Gasteiger partial charge in [0.05, 0.1) is 18.1 Å². The fraction of sp³-hybridized carbons (Fsp3) is 0.444. The van der Waals surface area contributed by atoms with Crippen LogP contribution < -0.4 is 5.32 Å². The van der Waals surface area contributed by atoms with Crippen molar-refractivity contribution in [1.82, 2.24) is 4.31 Å². The molecule has 1 aromatic rings. The van der Waals surface area contributed by atoms with Crippen molar-refractivity contribution in [2.24, 2.45) is 0 Å². The Balaban J connectivity index is 1.63. The standard InChI is InChI=1S/C18H22N2O8S/c1-13(28-18(22)16-12-26-9-10-27-16)17(21)19-14-3-2-4-15(11-14)29(23,24)20-5-7-25-8-6-20/h2-4,11-13H,5-10H2,1H3,(H,19,21)/t13-/m1/s1. The van der Waals surface area contributed by atoms with E-state index in [9.17, 15) is 18.0 Å². The predicted octanol–water partition coefficient (Wildman–Crippen LogP) is 0.466. The molecule has 2 heterocycles. The smallest absolute Gasteiger partial charge is 0.377 e. The van der Waals surface area contributed by atoms with Gasteiger partial charge in [-0.2, -0.15) is 4.31 Å². The molecule has 0 saturated carbocycles. The first kappa shape index (κ1) is 21.1. The zero-order valence-corrected chi connectivity index (χ0v) is 16.6. The van der Waals surface area contributed by atoms with Crippen LogP contribution >= 0.6 is 0 Å². The molecule has 10 nitrogen and oxygen atoms in total. The summed E-state index contributed by atoms with van der Waals surface area (Å²) in [5.41, 5.74) is 0.267. The minimum Gasteiger partial charge on any atom is -0.493 e. The predicted molar refractivity (Wildman–Crippen MR) is 100 cm³/mol. The van der Waals surface area contributed by atoms with E-state index in [1.807, 2.05) is 0 Å². The van der Waals surface area contributed by atoms with Crippen molar-refractivity contribution in [2.45, 2.75) is 17.9 Å². The Morgan fingerprint density at radius 1 is 1.17 bits per heavy atom. The molecule has 1 amide bonds. The summed E-state index contributed by atoms with van der Waals surface area (Å²) >= 11 is 0. The van der Waals surface area contributed by atoms with Gasteiger partial charge in [0.2, 0.25) is 15.8 Å². The van der Waals surface area contributed by atoms with Crippen molar-refractivity contribution in [3.05, 3.63) is 36.3 Å².